The Bertz CT molecular complexity index is 877. The third kappa shape index (κ3) is 3.38. The molecule has 3 saturated carbocycles. The van der Waals surface area contributed by atoms with Crippen LogP contribution in [0.15, 0.2) is 11.1 Å². The molecule has 6 aliphatic rings. The highest BCUT2D eigenvalue weighted by Crippen LogP contribution is 2.65. The summed E-state index contributed by atoms with van der Waals surface area (Å²) in [6.07, 6.45) is 12.2. The van der Waals surface area contributed by atoms with E-state index in [9.17, 15) is 4.79 Å². The molecule has 34 heavy (non-hydrogen) atoms. The van der Waals surface area contributed by atoms with Crippen molar-refractivity contribution >= 4 is 5.78 Å². The Morgan fingerprint density at radius 2 is 1.88 bits per heavy atom. The zero-order valence-corrected chi connectivity index (χ0v) is 22.7. The summed E-state index contributed by atoms with van der Waals surface area (Å²) < 4.78 is 7.21. The highest BCUT2D eigenvalue weighted by atomic mass is 16.5. The molecule has 2 aliphatic heterocycles. The molecule has 0 aromatic carbocycles. The molecule has 4 aliphatic carbocycles. The van der Waals surface area contributed by atoms with Gasteiger partial charge >= 0.3 is 0 Å². The maximum absolute atomic E-state index is 12.2. The molecule has 6 rings (SSSR count). The van der Waals surface area contributed by atoms with Crippen molar-refractivity contribution in [3.8, 4) is 0 Å². The van der Waals surface area contributed by atoms with Crippen LogP contribution < -0.4 is 0 Å². The van der Waals surface area contributed by atoms with E-state index >= 15 is 0 Å². The van der Waals surface area contributed by atoms with Crippen molar-refractivity contribution in [2.24, 2.45) is 40.9 Å². The molecule has 0 N–H and O–H groups in total. The minimum absolute atomic E-state index is 0.0435. The molecule has 3 nitrogen and oxygen atoms in total. The van der Waals surface area contributed by atoms with Gasteiger partial charge in [0.25, 0.3) is 0 Å². The first-order valence-corrected chi connectivity index (χ1v) is 14.8. The number of nitrogens with zero attached hydrogens (tertiary/aromatic N) is 1. The van der Waals surface area contributed by atoms with Crippen molar-refractivity contribution in [1.29, 1.82) is 0 Å². The summed E-state index contributed by atoms with van der Waals surface area (Å²) in [5.74, 6) is 4.95. The quantitative estimate of drug-likeness (QED) is 0.397. The Morgan fingerprint density at radius 3 is 2.65 bits per heavy atom. The Hall–Kier alpha value is -0.670. The van der Waals surface area contributed by atoms with Gasteiger partial charge in [0.05, 0.1) is 11.7 Å². The molecule has 0 aromatic heterocycles. The lowest BCUT2D eigenvalue weighted by atomic mass is 9.52. The summed E-state index contributed by atoms with van der Waals surface area (Å²) in [4.78, 5) is 15.0. The molecule has 0 amide bonds. The van der Waals surface area contributed by atoms with Crippen LogP contribution in [-0.4, -0.2) is 41.0 Å². The fourth-order valence-corrected chi connectivity index (χ4v) is 10.5. The molecule has 190 valence electrons. The molecule has 2 saturated heterocycles. The van der Waals surface area contributed by atoms with Gasteiger partial charge in [0.2, 0.25) is 0 Å². The van der Waals surface area contributed by atoms with Gasteiger partial charge in [-0.2, -0.15) is 0 Å². The number of Topliss-reactive ketones (excluding diaryl/α,β-unsaturated/α-hetero) is 1. The van der Waals surface area contributed by atoms with Crippen molar-refractivity contribution < 1.29 is 9.53 Å². The highest BCUT2D eigenvalue weighted by Gasteiger charge is 2.60. The van der Waals surface area contributed by atoms with Crippen LogP contribution in [0.3, 0.4) is 0 Å². The van der Waals surface area contributed by atoms with Crippen LogP contribution in [0.2, 0.25) is 0 Å². The molecule has 0 unspecified atom stereocenters. The molecule has 0 bridgehead atoms. The SMILES string of the molecule is CC1=C2C[C@H]3[C@@H](CC[C@@H]4CC(=O)CC[C@@]43C)[C@@H]2CC[C@@]2(C1)O[C@@H]1C[C@H](C)CN(C(C)C)[C@H]1[C@H]2C. The van der Waals surface area contributed by atoms with E-state index in [1.54, 1.807) is 5.57 Å². The normalized spacial score (nSPS) is 51.3. The summed E-state index contributed by atoms with van der Waals surface area (Å²) >= 11 is 0. The van der Waals surface area contributed by atoms with Crippen LogP contribution in [0.25, 0.3) is 0 Å². The zero-order chi connectivity index (χ0) is 24.0. The second-order valence-electron chi connectivity index (χ2n) is 14.3. The lowest BCUT2D eigenvalue weighted by Crippen LogP contribution is -2.54. The van der Waals surface area contributed by atoms with Gasteiger partial charge in [-0.05, 0) is 107 Å². The monoisotopic (exact) mass is 467 g/mol. The van der Waals surface area contributed by atoms with Crippen LogP contribution in [-0.2, 0) is 9.53 Å². The van der Waals surface area contributed by atoms with Gasteiger partial charge in [-0.15, -0.1) is 0 Å². The van der Waals surface area contributed by atoms with Crippen LogP contribution in [0.5, 0.6) is 0 Å². The van der Waals surface area contributed by atoms with E-state index in [1.807, 2.05) is 5.57 Å². The number of carbonyl (C=O) groups is 1. The van der Waals surface area contributed by atoms with E-state index in [-0.39, 0.29) is 5.60 Å². The summed E-state index contributed by atoms with van der Waals surface area (Å²) in [5.41, 5.74) is 3.94. The van der Waals surface area contributed by atoms with Crippen molar-refractivity contribution in [3.63, 3.8) is 0 Å². The topological polar surface area (TPSA) is 29.5 Å². The van der Waals surface area contributed by atoms with Crippen molar-refractivity contribution in [3.05, 3.63) is 11.1 Å². The molecule has 2 heterocycles. The predicted octanol–water partition coefficient (Wildman–Crippen LogP) is 6.80. The Balaban J connectivity index is 1.28. The first-order chi connectivity index (χ1) is 16.1. The minimum atomic E-state index is 0.0435. The first-order valence-electron chi connectivity index (χ1n) is 14.8. The van der Waals surface area contributed by atoms with Crippen LogP contribution >= 0.6 is 0 Å². The zero-order valence-electron chi connectivity index (χ0n) is 22.7. The van der Waals surface area contributed by atoms with Crippen LogP contribution in [0.1, 0.15) is 106 Å². The van der Waals surface area contributed by atoms with E-state index in [0.717, 1.165) is 49.4 Å². The number of hydrogen-bond donors (Lipinski definition) is 0. The highest BCUT2D eigenvalue weighted by molar-refractivity contribution is 5.79. The van der Waals surface area contributed by atoms with Crippen LogP contribution in [0.4, 0.5) is 0 Å². The number of ketones is 1. The molecule has 0 aromatic rings. The van der Waals surface area contributed by atoms with E-state index in [0.29, 0.717) is 41.2 Å². The first kappa shape index (κ1) is 23.7. The summed E-state index contributed by atoms with van der Waals surface area (Å²) in [7, 11) is 0. The van der Waals surface area contributed by atoms with E-state index < -0.39 is 0 Å². The second kappa shape index (κ2) is 8.17. The number of piperidine rings is 1. The standard InChI is InChI=1S/C31H49NO2/c1-18(2)32-17-19(3)13-28-29(32)21(5)31(34-28)12-10-24-25-8-7-22-14-23(33)9-11-30(22,6)27(25)15-26(24)20(4)16-31/h18-19,21-22,24-25,27-29H,7-17H2,1-6H3/t19-,21+,22+,24-,25-,27-,28+,29-,30-,31-/m0/s1. The third-order valence-electron chi connectivity index (χ3n) is 12.3. The number of allylic oxidation sites excluding steroid dienone is 1. The number of rotatable bonds is 1. The molecule has 0 radical (unpaired) electrons. The van der Waals surface area contributed by atoms with Gasteiger partial charge in [0.1, 0.15) is 5.78 Å². The van der Waals surface area contributed by atoms with Gasteiger partial charge in [-0.25, -0.2) is 0 Å². The van der Waals surface area contributed by atoms with Gasteiger partial charge in [-0.1, -0.05) is 31.9 Å². The number of carbonyl (C=O) groups excluding carboxylic acids is 1. The fourth-order valence-electron chi connectivity index (χ4n) is 10.5. The summed E-state index contributed by atoms with van der Waals surface area (Å²) in [6, 6.07) is 1.19. The summed E-state index contributed by atoms with van der Waals surface area (Å²) in [6.45, 7) is 16.0. The average Bonchev–Trinajstić information content (AvgIpc) is 3.24. The Morgan fingerprint density at radius 1 is 1.09 bits per heavy atom. The number of hydrogen-bond acceptors (Lipinski definition) is 3. The maximum Gasteiger partial charge on any atom is 0.133 e. The van der Waals surface area contributed by atoms with E-state index in [1.165, 1.54) is 45.1 Å². The van der Waals surface area contributed by atoms with Crippen molar-refractivity contribution in [1.82, 2.24) is 4.90 Å². The minimum Gasteiger partial charge on any atom is -0.369 e. The lowest BCUT2D eigenvalue weighted by molar-refractivity contribution is -0.129. The third-order valence-corrected chi connectivity index (χ3v) is 12.3. The van der Waals surface area contributed by atoms with Crippen molar-refractivity contribution in [2.45, 2.75) is 130 Å². The largest absolute Gasteiger partial charge is 0.369 e. The number of ether oxygens (including phenoxy) is 1. The van der Waals surface area contributed by atoms with Gasteiger partial charge in [-0.3, -0.25) is 9.69 Å². The summed E-state index contributed by atoms with van der Waals surface area (Å²) in [5, 5.41) is 0. The molecular formula is C31H49NO2. The molecule has 3 heteroatoms. The smallest absolute Gasteiger partial charge is 0.133 e. The number of likely N-dealkylation sites (tertiary alicyclic amines) is 1. The molecule has 10 atom stereocenters. The Labute approximate surface area is 208 Å². The fraction of sp³-hybridized carbons (Fsp3) is 0.903. The molecular weight excluding hydrogens is 418 g/mol. The maximum atomic E-state index is 12.2. The number of fused-ring (bicyclic) bond motifs is 6. The Kier molecular flexibility index (Phi) is 5.70. The van der Waals surface area contributed by atoms with Crippen LogP contribution in [0, 0.1) is 40.9 Å². The average molecular weight is 468 g/mol. The van der Waals surface area contributed by atoms with Crippen molar-refractivity contribution in [2.75, 3.05) is 6.54 Å². The van der Waals surface area contributed by atoms with Gasteiger partial charge in [0.15, 0.2) is 0 Å². The molecule has 5 fully saturated rings. The molecule has 1 spiro atoms. The van der Waals surface area contributed by atoms with Gasteiger partial charge in [0, 0.05) is 37.4 Å². The predicted molar refractivity (Wildman–Crippen MR) is 138 cm³/mol. The van der Waals surface area contributed by atoms with E-state index in [4.69, 9.17) is 4.74 Å². The lowest BCUT2D eigenvalue weighted by Gasteiger charge is -2.52. The van der Waals surface area contributed by atoms with E-state index in [2.05, 4.69) is 46.4 Å². The second-order valence-corrected chi connectivity index (χ2v) is 14.3. The van der Waals surface area contributed by atoms with Gasteiger partial charge < -0.3 is 4.74 Å².